The Kier molecular flexibility index (Phi) is 3.98. The van der Waals surface area contributed by atoms with E-state index in [2.05, 4.69) is 25.7 Å². The van der Waals surface area contributed by atoms with Crippen molar-refractivity contribution < 1.29 is 4.79 Å². The largest absolute Gasteiger partial charge is 0.350 e. The van der Waals surface area contributed by atoms with Crippen LogP contribution in [0.3, 0.4) is 0 Å². The first kappa shape index (κ1) is 15.5. The molecule has 0 saturated carbocycles. The number of imidazole rings is 1. The van der Waals surface area contributed by atoms with Gasteiger partial charge in [0.15, 0.2) is 5.69 Å². The number of carbonyl (C=O) groups excluding carboxylic acids is 1. The molecule has 1 amide bonds. The number of benzene rings is 1. The van der Waals surface area contributed by atoms with Crippen LogP contribution in [0.15, 0.2) is 42.7 Å². The van der Waals surface area contributed by atoms with Crippen LogP contribution in [-0.2, 0) is 6.42 Å². The molecule has 1 N–H and O–H groups in total. The van der Waals surface area contributed by atoms with Crippen molar-refractivity contribution in [3.63, 3.8) is 0 Å². The summed E-state index contributed by atoms with van der Waals surface area (Å²) < 4.78 is 3.29. The van der Waals surface area contributed by atoms with Crippen molar-refractivity contribution in [3.8, 4) is 5.69 Å². The van der Waals surface area contributed by atoms with Gasteiger partial charge in [-0.1, -0.05) is 34.7 Å². The van der Waals surface area contributed by atoms with E-state index in [-0.39, 0.29) is 5.91 Å². The van der Waals surface area contributed by atoms with Crippen LogP contribution in [0.2, 0.25) is 0 Å². The summed E-state index contributed by atoms with van der Waals surface area (Å²) in [5.74, 6) is -0.219. The number of fused-ring (bicyclic) bond motifs is 1. The summed E-state index contributed by atoms with van der Waals surface area (Å²) in [6.45, 7) is 2.42. The molecule has 0 atom stereocenters. The van der Waals surface area contributed by atoms with Gasteiger partial charge in [-0.25, -0.2) is 14.2 Å². The highest BCUT2D eigenvalue weighted by Gasteiger charge is 2.14. The summed E-state index contributed by atoms with van der Waals surface area (Å²) in [6.07, 6.45) is 3.98. The minimum absolute atomic E-state index is 0.219. The van der Waals surface area contributed by atoms with E-state index in [9.17, 15) is 4.79 Å². The maximum atomic E-state index is 12.4. The standard InChI is InChI=1S/C16H15N7OS/c1-11-20-22-10-12(19-16(22)25-11)7-8-17-15(24)14-9-18-21-23(14)13-5-3-2-4-6-13/h2-6,9-10H,7-8H2,1H3,(H,17,24). The second kappa shape index (κ2) is 6.44. The highest BCUT2D eigenvalue weighted by molar-refractivity contribution is 7.16. The molecule has 9 heteroatoms. The normalized spacial score (nSPS) is 11.1. The van der Waals surface area contributed by atoms with Gasteiger partial charge in [0.05, 0.1) is 23.8 Å². The molecule has 25 heavy (non-hydrogen) atoms. The van der Waals surface area contributed by atoms with E-state index in [1.165, 1.54) is 10.9 Å². The van der Waals surface area contributed by atoms with Crippen molar-refractivity contribution in [1.29, 1.82) is 0 Å². The van der Waals surface area contributed by atoms with Gasteiger partial charge in [0.2, 0.25) is 4.96 Å². The van der Waals surface area contributed by atoms with Crippen molar-refractivity contribution in [2.75, 3.05) is 6.54 Å². The molecular weight excluding hydrogens is 338 g/mol. The molecule has 0 bridgehead atoms. The molecule has 0 aliphatic heterocycles. The zero-order valence-corrected chi connectivity index (χ0v) is 14.3. The Morgan fingerprint density at radius 2 is 2.12 bits per heavy atom. The van der Waals surface area contributed by atoms with E-state index in [0.29, 0.717) is 18.7 Å². The first-order valence-electron chi connectivity index (χ1n) is 7.77. The first-order valence-corrected chi connectivity index (χ1v) is 8.58. The third kappa shape index (κ3) is 3.13. The van der Waals surface area contributed by atoms with Crippen molar-refractivity contribution in [2.24, 2.45) is 0 Å². The number of hydrogen-bond acceptors (Lipinski definition) is 6. The molecule has 0 aliphatic carbocycles. The van der Waals surface area contributed by atoms with Gasteiger partial charge in [-0.05, 0) is 19.1 Å². The number of hydrogen-bond donors (Lipinski definition) is 1. The van der Waals surface area contributed by atoms with Gasteiger partial charge in [0, 0.05) is 13.0 Å². The summed E-state index contributed by atoms with van der Waals surface area (Å²) in [6, 6.07) is 9.43. The lowest BCUT2D eigenvalue weighted by Gasteiger charge is -2.06. The Morgan fingerprint density at radius 3 is 2.92 bits per heavy atom. The third-order valence-corrected chi connectivity index (χ3v) is 4.48. The number of nitrogens with one attached hydrogen (secondary N) is 1. The lowest BCUT2D eigenvalue weighted by molar-refractivity contribution is 0.0946. The molecule has 0 unspecified atom stereocenters. The summed E-state index contributed by atoms with van der Waals surface area (Å²) >= 11 is 1.54. The topological polar surface area (TPSA) is 90.0 Å². The van der Waals surface area contributed by atoms with Crippen LogP contribution in [0.1, 0.15) is 21.2 Å². The van der Waals surface area contributed by atoms with Crippen molar-refractivity contribution in [3.05, 3.63) is 59.1 Å². The van der Waals surface area contributed by atoms with Crippen LogP contribution in [0.4, 0.5) is 0 Å². The number of rotatable bonds is 5. The smallest absolute Gasteiger partial charge is 0.271 e. The van der Waals surface area contributed by atoms with Crippen molar-refractivity contribution in [1.82, 2.24) is 34.9 Å². The summed E-state index contributed by atoms with van der Waals surface area (Å²) in [7, 11) is 0. The van der Waals surface area contributed by atoms with E-state index < -0.39 is 0 Å². The molecule has 4 rings (SSSR count). The number of nitrogens with zero attached hydrogens (tertiary/aromatic N) is 6. The zero-order valence-electron chi connectivity index (χ0n) is 13.5. The van der Waals surface area contributed by atoms with Crippen LogP contribution >= 0.6 is 11.3 Å². The summed E-state index contributed by atoms with van der Waals surface area (Å²) in [5.41, 5.74) is 2.09. The molecule has 4 aromatic rings. The lowest BCUT2D eigenvalue weighted by Crippen LogP contribution is -2.27. The van der Waals surface area contributed by atoms with Gasteiger partial charge in [0.25, 0.3) is 5.91 Å². The van der Waals surface area contributed by atoms with E-state index in [4.69, 9.17) is 0 Å². The van der Waals surface area contributed by atoms with Crippen LogP contribution in [0.5, 0.6) is 0 Å². The van der Waals surface area contributed by atoms with E-state index in [0.717, 1.165) is 21.3 Å². The van der Waals surface area contributed by atoms with Crippen molar-refractivity contribution >= 4 is 22.2 Å². The van der Waals surface area contributed by atoms with E-state index in [1.54, 1.807) is 15.9 Å². The van der Waals surface area contributed by atoms with Gasteiger partial charge < -0.3 is 5.32 Å². The second-order valence-corrected chi connectivity index (χ2v) is 6.61. The monoisotopic (exact) mass is 353 g/mol. The van der Waals surface area contributed by atoms with Crippen LogP contribution < -0.4 is 5.32 Å². The number of aryl methyl sites for hydroxylation is 1. The quantitative estimate of drug-likeness (QED) is 0.589. The van der Waals surface area contributed by atoms with Gasteiger partial charge >= 0.3 is 0 Å². The molecule has 0 spiro atoms. The predicted octanol–water partition coefficient (Wildman–Crippen LogP) is 1.65. The summed E-state index contributed by atoms with van der Waals surface area (Å²) in [5, 5.41) is 16.0. The predicted molar refractivity (Wildman–Crippen MR) is 93.0 cm³/mol. The third-order valence-electron chi connectivity index (χ3n) is 3.64. The molecule has 0 aliphatic rings. The van der Waals surface area contributed by atoms with Gasteiger partial charge in [-0.15, -0.1) is 5.10 Å². The SMILES string of the molecule is Cc1nn2cc(CCNC(=O)c3cnnn3-c3ccccc3)nc2s1. The second-order valence-electron chi connectivity index (χ2n) is 5.45. The molecule has 1 aromatic carbocycles. The number of amides is 1. The van der Waals surface area contributed by atoms with Gasteiger partial charge in [-0.2, -0.15) is 5.10 Å². The van der Waals surface area contributed by atoms with Gasteiger partial charge in [-0.3, -0.25) is 4.79 Å². The molecule has 0 fully saturated rings. The number of carbonyl (C=O) groups is 1. The molecule has 3 aromatic heterocycles. The fourth-order valence-electron chi connectivity index (χ4n) is 2.51. The zero-order chi connectivity index (χ0) is 17.2. The Bertz CT molecular complexity index is 986. The average Bonchev–Trinajstić information content (AvgIpc) is 3.30. The molecule has 0 saturated heterocycles. The van der Waals surface area contributed by atoms with Gasteiger partial charge in [0.1, 0.15) is 5.01 Å². The van der Waals surface area contributed by atoms with E-state index >= 15 is 0 Å². The fraction of sp³-hybridized carbons (Fsp3) is 0.188. The highest BCUT2D eigenvalue weighted by Crippen LogP contribution is 2.13. The molecule has 8 nitrogen and oxygen atoms in total. The lowest BCUT2D eigenvalue weighted by atomic mass is 10.3. The fourth-order valence-corrected chi connectivity index (χ4v) is 3.25. The first-order chi connectivity index (χ1) is 12.2. The molecular formula is C16H15N7OS. The van der Waals surface area contributed by atoms with Crippen LogP contribution in [0, 0.1) is 6.92 Å². The maximum Gasteiger partial charge on any atom is 0.271 e. The minimum atomic E-state index is -0.219. The minimum Gasteiger partial charge on any atom is -0.350 e. The molecule has 3 heterocycles. The Balaban J connectivity index is 1.41. The summed E-state index contributed by atoms with van der Waals surface area (Å²) in [4.78, 5) is 17.8. The van der Waals surface area contributed by atoms with Crippen LogP contribution in [0.25, 0.3) is 10.6 Å². The number of aromatic nitrogens is 6. The molecule has 126 valence electrons. The number of para-hydroxylation sites is 1. The Labute approximate surface area is 147 Å². The molecule has 0 radical (unpaired) electrons. The van der Waals surface area contributed by atoms with E-state index in [1.807, 2.05) is 43.5 Å². The Hall–Kier alpha value is -3.07. The highest BCUT2D eigenvalue weighted by atomic mass is 32.1. The average molecular weight is 353 g/mol. The Morgan fingerprint density at radius 1 is 1.28 bits per heavy atom. The maximum absolute atomic E-state index is 12.4. The van der Waals surface area contributed by atoms with Crippen molar-refractivity contribution in [2.45, 2.75) is 13.3 Å². The van der Waals surface area contributed by atoms with Crippen LogP contribution in [-0.4, -0.2) is 42.0 Å².